The molecule has 1 rings (SSSR count). The summed E-state index contributed by atoms with van der Waals surface area (Å²) >= 11 is 5.50. The molecule has 0 amide bonds. The van der Waals surface area contributed by atoms with E-state index in [2.05, 4.69) is 9.17 Å². The number of aromatic nitrogens is 1. The van der Waals surface area contributed by atoms with E-state index in [1.54, 1.807) is 0 Å². The first-order valence-corrected chi connectivity index (χ1v) is 5.76. The summed E-state index contributed by atoms with van der Waals surface area (Å²) in [5.74, 6) is 0. The van der Waals surface area contributed by atoms with Gasteiger partial charge in [0.05, 0.1) is 6.26 Å². The molecule has 0 aliphatic rings. The molecule has 0 aliphatic carbocycles. The molecule has 1 aromatic heterocycles. The van der Waals surface area contributed by atoms with E-state index in [0.29, 0.717) is 0 Å². The van der Waals surface area contributed by atoms with Crippen molar-refractivity contribution in [3.8, 4) is 0 Å². The van der Waals surface area contributed by atoms with Crippen molar-refractivity contribution < 1.29 is 17.7 Å². The molecule has 1 N–H and O–H groups in total. The van der Waals surface area contributed by atoms with Crippen molar-refractivity contribution in [2.24, 2.45) is 0 Å². The van der Waals surface area contributed by atoms with Crippen molar-refractivity contribution in [2.75, 3.05) is 6.26 Å². The lowest BCUT2D eigenvalue weighted by Crippen LogP contribution is -2.09. The average molecular weight is 238 g/mol. The third-order valence-corrected chi connectivity index (χ3v) is 2.06. The quantitative estimate of drug-likeness (QED) is 0.476. The minimum absolute atomic E-state index is 0.222. The Morgan fingerprint density at radius 3 is 2.64 bits per heavy atom. The van der Waals surface area contributed by atoms with Crippen LogP contribution in [0.25, 0.3) is 0 Å². The highest BCUT2D eigenvalue weighted by Gasteiger charge is 2.14. The summed E-state index contributed by atoms with van der Waals surface area (Å²) in [4.78, 5) is 3.66. The van der Waals surface area contributed by atoms with Crippen molar-refractivity contribution in [1.29, 1.82) is 0 Å². The lowest BCUT2D eigenvalue weighted by molar-refractivity contribution is -0.0133. The van der Waals surface area contributed by atoms with Crippen LogP contribution in [0.15, 0.2) is 18.3 Å². The Balaban J connectivity index is 2.80. The minimum atomic E-state index is -3.69. The van der Waals surface area contributed by atoms with Crippen LogP contribution >= 0.6 is 11.6 Å². The summed E-state index contributed by atoms with van der Waals surface area (Å²) in [6.45, 7) is 0. The highest BCUT2D eigenvalue weighted by atomic mass is 35.5. The van der Waals surface area contributed by atoms with E-state index >= 15 is 0 Å². The van der Waals surface area contributed by atoms with E-state index in [4.69, 9.17) is 11.6 Å². The highest BCUT2D eigenvalue weighted by Crippen LogP contribution is 2.16. The zero-order valence-corrected chi connectivity index (χ0v) is 8.79. The Bertz CT molecular complexity index is 402. The van der Waals surface area contributed by atoms with Crippen LogP contribution in [-0.4, -0.2) is 24.8 Å². The predicted molar refractivity (Wildman–Crippen MR) is 50.1 cm³/mol. The molecule has 14 heavy (non-hydrogen) atoms. The molecule has 5 nitrogen and oxygen atoms in total. The van der Waals surface area contributed by atoms with Crippen molar-refractivity contribution in [3.63, 3.8) is 0 Å². The summed E-state index contributed by atoms with van der Waals surface area (Å²) in [6.07, 6.45) is 0.535. The van der Waals surface area contributed by atoms with E-state index in [9.17, 15) is 13.5 Å². The average Bonchev–Trinajstić information content (AvgIpc) is 2.02. The summed E-state index contributed by atoms with van der Waals surface area (Å²) in [6, 6.07) is 2.84. The van der Waals surface area contributed by atoms with Crippen LogP contribution in [0.2, 0.25) is 5.15 Å². The Morgan fingerprint density at radius 2 is 2.21 bits per heavy atom. The number of hydrogen-bond donors (Lipinski definition) is 1. The standard InChI is InChI=1S/C7H8ClNO4S/c1-14(11,12)13-7(10)5-2-3-6(8)9-4-5/h2-4,7,10H,1H3. The molecule has 7 heteroatoms. The van der Waals surface area contributed by atoms with Crippen molar-refractivity contribution in [3.05, 3.63) is 29.0 Å². The van der Waals surface area contributed by atoms with Gasteiger partial charge >= 0.3 is 0 Å². The summed E-state index contributed by atoms with van der Waals surface area (Å²) < 4.78 is 25.6. The van der Waals surface area contributed by atoms with Gasteiger partial charge in [0.15, 0.2) is 0 Å². The van der Waals surface area contributed by atoms with Crippen LogP contribution in [0.4, 0.5) is 0 Å². The van der Waals surface area contributed by atoms with E-state index in [-0.39, 0.29) is 10.7 Å². The molecule has 1 heterocycles. The first-order chi connectivity index (χ1) is 6.38. The van der Waals surface area contributed by atoms with Gasteiger partial charge < -0.3 is 5.11 Å². The second-order valence-electron chi connectivity index (χ2n) is 2.57. The number of rotatable bonds is 3. The maximum atomic E-state index is 10.7. The van der Waals surface area contributed by atoms with Crippen molar-refractivity contribution >= 4 is 21.7 Å². The molecule has 0 fully saturated rings. The molecule has 0 spiro atoms. The van der Waals surface area contributed by atoms with Gasteiger partial charge in [-0.3, -0.25) is 0 Å². The lowest BCUT2D eigenvalue weighted by atomic mass is 10.3. The SMILES string of the molecule is CS(=O)(=O)OC(O)c1ccc(Cl)nc1. The number of hydrogen-bond acceptors (Lipinski definition) is 5. The fraction of sp³-hybridized carbons (Fsp3) is 0.286. The number of aliphatic hydroxyl groups is 1. The van der Waals surface area contributed by atoms with Crippen molar-refractivity contribution in [1.82, 2.24) is 4.98 Å². The molecule has 1 unspecified atom stereocenters. The van der Waals surface area contributed by atoms with Gasteiger partial charge in [-0.15, -0.1) is 0 Å². The third kappa shape index (κ3) is 3.59. The zero-order chi connectivity index (χ0) is 10.8. The number of nitrogens with zero attached hydrogens (tertiary/aromatic N) is 1. The van der Waals surface area contributed by atoms with E-state index in [1.807, 2.05) is 0 Å². The van der Waals surface area contributed by atoms with Crippen LogP contribution in [0.3, 0.4) is 0 Å². The molecule has 1 aromatic rings. The lowest BCUT2D eigenvalue weighted by Gasteiger charge is -2.09. The largest absolute Gasteiger partial charge is 0.363 e. The fourth-order valence-electron chi connectivity index (χ4n) is 0.754. The number of aliphatic hydroxyl groups excluding tert-OH is 1. The van der Waals surface area contributed by atoms with E-state index in [0.717, 1.165) is 6.26 Å². The molecule has 1 atom stereocenters. The van der Waals surface area contributed by atoms with Gasteiger partial charge in [0.1, 0.15) is 5.15 Å². The second-order valence-corrected chi connectivity index (χ2v) is 4.55. The van der Waals surface area contributed by atoms with Gasteiger partial charge in [-0.2, -0.15) is 8.42 Å². The Kier molecular flexibility index (Phi) is 3.43. The van der Waals surface area contributed by atoms with Crippen LogP contribution in [0, 0.1) is 0 Å². The van der Waals surface area contributed by atoms with Gasteiger partial charge in [0.2, 0.25) is 6.29 Å². The zero-order valence-electron chi connectivity index (χ0n) is 7.21. The molecule has 0 bridgehead atoms. The van der Waals surface area contributed by atoms with Gasteiger partial charge in [-0.25, -0.2) is 9.17 Å². The monoisotopic (exact) mass is 237 g/mol. The molecule has 0 aliphatic heterocycles. The van der Waals surface area contributed by atoms with Crippen LogP contribution < -0.4 is 0 Å². The van der Waals surface area contributed by atoms with E-state index < -0.39 is 16.4 Å². The van der Waals surface area contributed by atoms with Crippen LogP contribution in [0.5, 0.6) is 0 Å². The normalized spacial score (nSPS) is 13.9. The molecular formula is C7H8ClNO4S. The molecule has 0 saturated heterocycles. The maximum absolute atomic E-state index is 10.7. The predicted octanol–water partition coefficient (Wildman–Crippen LogP) is 0.702. The molecule has 0 radical (unpaired) electrons. The molecule has 0 aromatic carbocycles. The van der Waals surface area contributed by atoms with E-state index in [1.165, 1.54) is 18.3 Å². The maximum Gasteiger partial charge on any atom is 0.267 e. The first kappa shape index (κ1) is 11.4. The Labute approximate surface area is 86.4 Å². The summed E-state index contributed by atoms with van der Waals surface area (Å²) in [5, 5.41) is 9.51. The van der Waals surface area contributed by atoms with Gasteiger partial charge in [-0.1, -0.05) is 11.6 Å². The van der Waals surface area contributed by atoms with Gasteiger partial charge in [-0.05, 0) is 12.1 Å². The first-order valence-electron chi connectivity index (χ1n) is 3.56. The number of pyridine rings is 1. The minimum Gasteiger partial charge on any atom is -0.363 e. The molecule has 0 saturated carbocycles. The van der Waals surface area contributed by atoms with Crippen molar-refractivity contribution in [2.45, 2.75) is 6.29 Å². The van der Waals surface area contributed by atoms with Gasteiger partial charge in [0, 0.05) is 11.8 Å². The third-order valence-electron chi connectivity index (χ3n) is 1.30. The Morgan fingerprint density at radius 1 is 1.57 bits per heavy atom. The smallest absolute Gasteiger partial charge is 0.267 e. The fourth-order valence-corrected chi connectivity index (χ4v) is 1.31. The summed E-state index contributed by atoms with van der Waals surface area (Å²) in [7, 11) is -3.69. The highest BCUT2D eigenvalue weighted by molar-refractivity contribution is 7.85. The molecular weight excluding hydrogens is 230 g/mol. The number of halogens is 1. The van der Waals surface area contributed by atoms with Crippen LogP contribution in [0.1, 0.15) is 11.9 Å². The Hall–Kier alpha value is -0.690. The topological polar surface area (TPSA) is 76.5 Å². The molecule has 78 valence electrons. The second kappa shape index (κ2) is 4.22. The van der Waals surface area contributed by atoms with Crippen LogP contribution in [-0.2, 0) is 14.3 Å². The van der Waals surface area contributed by atoms with Gasteiger partial charge in [0.25, 0.3) is 10.1 Å². The summed E-state index contributed by atoms with van der Waals surface area (Å²) in [5.41, 5.74) is 0.222.